The number of nitrogen functional groups attached to an aromatic ring is 1. The Morgan fingerprint density at radius 3 is 2.69 bits per heavy atom. The van der Waals surface area contributed by atoms with Gasteiger partial charge in [0.2, 0.25) is 0 Å². The molecule has 16 heavy (non-hydrogen) atoms. The van der Waals surface area contributed by atoms with Gasteiger partial charge in [-0.05, 0) is 37.8 Å². The lowest BCUT2D eigenvalue weighted by Gasteiger charge is -2.32. The Bertz CT molecular complexity index is 318. The molecule has 0 saturated carbocycles. The Labute approximate surface area is 98.4 Å². The number of hydrogen-bond donors (Lipinski definition) is 2. The van der Waals surface area contributed by atoms with Gasteiger partial charge in [-0.3, -0.25) is 0 Å². The largest absolute Gasteiger partial charge is 0.399 e. The highest BCUT2D eigenvalue weighted by atomic mass is 15.2. The summed E-state index contributed by atoms with van der Waals surface area (Å²) in [6, 6.07) is 9.23. The van der Waals surface area contributed by atoms with Crippen LogP contribution >= 0.6 is 0 Å². The highest BCUT2D eigenvalue weighted by molar-refractivity contribution is 5.38. The number of piperidine rings is 1. The van der Waals surface area contributed by atoms with Crippen molar-refractivity contribution in [2.24, 2.45) is 0 Å². The highest BCUT2D eigenvalue weighted by Gasteiger charge is 2.24. The molecule has 1 aromatic carbocycles. The molecule has 2 nitrogen and oxygen atoms in total. The first-order valence-corrected chi connectivity index (χ1v) is 6.48. The van der Waals surface area contributed by atoms with E-state index in [0.29, 0.717) is 0 Å². The number of nitrogens with two attached hydrogens (primary N) is 1. The first-order chi connectivity index (χ1) is 7.79. The summed E-state index contributed by atoms with van der Waals surface area (Å²) in [6.07, 6.45) is 5.52. The molecule has 0 spiro atoms. The van der Waals surface area contributed by atoms with Crippen molar-refractivity contribution in [2.45, 2.75) is 45.2 Å². The van der Waals surface area contributed by atoms with E-state index in [2.05, 4.69) is 19.1 Å². The zero-order valence-corrected chi connectivity index (χ0v) is 10.2. The van der Waals surface area contributed by atoms with E-state index in [1.807, 2.05) is 12.1 Å². The van der Waals surface area contributed by atoms with Crippen LogP contribution in [0.15, 0.2) is 24.3 Å². The topological polar surface area (TPSA) is 30.5 Å². The molecule has 1 aliphatic rings. The van der Waals surface area contributed by atoms with E-state index >= 15 is 0 Å². The van der Waals surface area contributed by atoms with Crippen molar-refractivity contribution in [1.82, 2.24) is 0 Å². The van der Waals surface area contributed by atoms with Crippen LogP contribution in [0.1, 0.15) is 38.2 Å². The second-order valence-electron chi connectivity index (χ2n) is 4.93. The maximum Gasteiger partial charge on any atom is 0.103 e. The lowest BCUT2D eigenvalue weighted by atomic mass is 9.99. The average molecular weight is 219 g/mol. The fourth-order valence-corrected chi connectivity index (χ4v) is 2.77. The SMILES string of the molecule is CC[C@@H]1CCCC[NH+]1Cc1ccc(N)cc1. The van der Waals surface area contributed by atoms with Crippen LogP contribution in [0.5, 0.6) is 0 Å². The van der Waals surface area contributed by atoms with E-state index in [1.54, 1.807) is 4.90 Å². The number of anilines is 1. The minimum absolute atomic E-state index is 0.865. The quantitative estimate of drug-likeness (QED) is 0.744. The number of hydrogen-bond acceptors (Lipinski definition) is 1. The fraction of sp³-hybridized carbons (Fsp3) is 0.571. The predicted molar refractivity (Wildman–Crippen MR) is 68.3 cm³/mol. The number of likely N-dealkylation sites (tertiary alicyclic amines) is 1. The van der Waals surface area contributed by atoms with Gasteiger partial charge in [-0.15, -0.1) is 0 Å². The molecule has 1 aliphatic heterocycles. The molecule has 2 atom stereocenters. The van der Waals surface area contributed by atoms with Gasteiger partial charge in [-0.1, -0.05) is 19.1 Å². The van der Waals surface area contributed by atoms with E-state index in [-0.39, 0.29) is 0 Å². The summed E-state index contributed by atoms with van der Waals surface area (Å²) < 4.78 is 0. The summed E-state index contributed by atoms with van der Waals surface area (Å²) in [5.41, 5.74) is 7.99. The monoisotopic (exact) mass is 219 g/mol. The van der Waals surface area contributed by atoms with Crippen LogP contribution in [0, 0.1) is 0 Å². The zero-order chi connectivity index (χ0) is 11.4. The molecule has 0 radical (unpaired) electrons. The maximum absolute atomic E-state index is 5.71. The van der Waals surface area contributed by atoms with Gasteiger partial charge >= 0.3 is 0 Å². The first kappa shape index (κ1) is 11.5. The number of quaternary nitrogens is 1. The number of benzene rings is 1. The second kappa shape index (κ2) is 5.35. The molecule has 1 unspecified atom stereocenters. The number of rotatable bonds is 3. The van der Waals surface area contributed by atoms with Crippen LogP contribution in [0.3, 0.4) is 0 Å². The van der Waals surface area contributed by atoms with Crippen molar-refractivity contribution in [3.8, 4) is 0 Å². The molecule has 0 amide bonds. The van der Waals surface area contributed by atoms with Crippen LogP contribution in [-0.2, 0) is 6.54 Å². The Kier molecular flexibility index (Phi) is 3.83. The van der Waals surface area contributed by atoms with Crippen molar-refractivity contribution in [3.63, 3.8) is 0 Å². The third-order valence-corrected chi connectivity index (χ3v) is 3.78. The highest BCUT2D eigenvalue weighted by Crippen LogP contribution is 2.08. The Balaban J connectivity index is 1.99. The lowest BCUT2D eigenvalue weighted by molar-refractivity contribution is -0.944. The van der Waals surface area contributed by atoms with E-state index in [0.717, 1.165) is 11.7 Å². The van der Waals surface area contributed by atoms with E-state index in [4.69, 9.17) is 5.73 Å². The third kappa shape index (κ3) is 2.76. The van der Waals surface area contributed by atoms with Gasteiger partial charge in [-0.2, -0.15) is 0 Å². The maximum atomic E-state index is 5.71. The van der Waals surface area contributed by atoms with Crippen molar-refractivity contribution in [2.75, 3.05) is 12.3 Å². The number of nitrogens with one attached hydrogen (secondary N) is 1. The van der Waals surface area contributed by atoms with Crippen molar-refractivity contribution in [1.29, 1.82) is 0 Å². The normalized spacial score (nSPS) is 25.6. The minimum Gasteiger partial charge on any atom is -0.399 e. The van der Waals surface area contributed by atoms with Crippen LogP contribution < -0.4 is 10.6 Å². The molecule has 88 valence electrons. The first-order valence-electron chi connectivity index (χ1n) is 6.48. The van der Waals surface area contributed by atoms with Crippen molar-refractivity contribution in [3.05, 3.63) is 29.8 Å². The van der Waals surface area contributed by atoms with Crippen LogP contribution in [-0.4, -0.2) is 12.6 Å². The van der Waals surface area contributed by atoms with Gasteiger partial charge in [0, 0.05) is 11.3 Å². The molecule has 1 aromatic rings. The molecule has 2 heteroatoms. The summed E-state index contributed by atoms with van der Waals surface area (Å²) >= 11 is 0. The summed E-state index contributed by atoms with van der Waals surface area (Å²) in [7, 11) is 0. The second-order valence-corrected chi connectivity index (χ2v) is 4.93. The smallest absolute Gasteiger partial charge is 0.103 e. The summed E-state index contributed by atoms with van der Waals surface area (Å²) in [6.45, 7) is 4.82. The van der Waals surface area contributed by atoms with Gasteiger partial charge < -0.3 is 10.6 Å². The molecule has 1 fully saturated rings. The summed E-state index contributed by atoms with van der Waals surface area (Å²) in [5.74, 6) is 0. The molecule has 0 bridgehead atoms. The molecular weight excluding hydrogens is 196 g/mol. The average Bonchev–Trinajstić information content (AvgIpc) is 2.33. The fourth-order valence-electron chi connectivity index (χ4n) is 2.77. The van der Waals surface area contributed by atoms with Gasteiger partial charge in [0.25, 0.3) is 0 Å². The molecule has 2 rings (SSSR count). The summed E-state index contributed by atoms with van der Waals surface area (Å²) in [5, 5.41) is 0. The van der Waals surface area contributed by atoms with Crippen LogP contribution in [0.4, 0.5) is 5.69 Å². The van der Waals surface area contributed by atoms with Gasteiger partial charge in [0.05, 0.1) is 12.6 Å². The van der Waals surface area contributed by atoms with Gasteiger partial charge in [0.15, 0.2) is 0 Å². The van der Waals surface area contributed by atoms with Crippen molar-refractivity contribution < 1.29 is 4.90 Å². The molecule has 1 saturated heterocycles. The molecule has 0 aromatic heterocycles. The van der Waals surface area contributed by atoms with E-state index < -0.39 is 0 Å². The van der Waals surface area contributed by atoms with Crippen LogP contribution in [0.25, 0.3) is 0 Å². The van der Waals surface area contributed by atoms with Crippen molar-refractivity contribution >= 4 is 5.69 Å². The third-order valence-electron chi connectivity index (χ3n) is 3.78. The predicted octanol–water partition coefficient (Wildman–Crippen LogP) is 1.62. The van der Waals surface area contributed by atoms with E-state index in [9.17, 15) is 0 Å². The Morgan fingerprint density at radius 2 is 2.00 bits per heavy atom. The van der Waals surface area contributed by atoms with Gasteiger partial charge in [0.1, 0.15) is 6.54 Å². The molecule has 3 N–H and O–H groups in total. The molecule has 1 heterocycles. The van der Waals surface area contributed by atoms with Crippen LogP contribution in [0.2, 0.25) is 0 Å². The lowest BCUT2D eigenvalue weighted by Crippen LogP contribution is -3.15. The molecular formula is C14H23N2+. The minimum atomic E-state index is 0.865. The zero-order valence-electron chi connectivity index (χ0n) is 10.2. The molecule has 0 aliphatic carbocycles. The summed E-state index contributed by atoms with van der Waals surface area (Å²) in [4.78, 5) is 1.76. The van der Waals surface area contributed by atoms with E-state index in [1.165, 1.54) is 44.3 Å². The van der Waals surface area contributed by atoms with Gasteiger partial charge in [-0.25, -0.2) is 0 Å². The standard InChI is InChI=1S/C14H22N2/c1-2-14-5-3-4-10-16(14)11-12-6-8-13(15)9-7-12/h6-9,14H,2-5,10-11,15H2,1H3/p+1/t14-/m1/s1. The Morgan fingerprint density at radius 1 is 1.25 bits per heavy atom. The Hall–Kier alpha value is -1.02.